The summed E-state index contributed by atoms with van der Waals surface area (Å²) in [5, 5.41) is 3.51. The van der Waals surface area contributed by atoms with Crippen molar-refractivity contribution in [2.75, 3.05) is 13.1 Å². The highest BCUT2D eigenvalue weighted by Crippen LogP contribution is 2.14. The van der Waals surface area contributed by atoms with Crippen LogP contribution in [-0.2, 0) is 0 Å². The number of piperidine rings is 1. The molecule has 4 nitrogen and oxygen atoms in total. The normalized spacial score (nSPS) is 16.9. The minimum atomic E-state index is 0. The van der Waals surface area contributed by atoms with E-state index < -0.39 is 0 Å². The van der Waals surface area contributed by atoms with Crippen LogP contribution in [0.25, 0.3) is 0 Å². The molecule has 0 amide bonds. The molecule has 2 rings (SSSR count). The molecule has 1 N–H and O–H groups in total. The first-order chi connectivity index (χ1) is 6.84. The van der Waals surface area contributed by atoms with Crippen molar-refractivity contribution in [3.8, 4) is 5.88 Å². The third kappa shape index (κ3) is 3.81. The monoisotopic (exact) mass is 249 g/mol. The van der Waals surface area contributed by atoms with Crippen LogP contribution in [-0.4, -0.2) is 29.2 Å². The highest BCUT2D eigenvalue weighted by atomic mass is 35.5. The number of hydrogen-bond acceptors (Lipinski definition) is 4. The third-order valence-electron chi connectivity index (χ3n) is 2.17. The van der Waals surface area contributed by atoms with Gasteiger partial charge in [0, 0.05) is 12.3 Å². The number of rotatable bonds is 2. The van der Waals surface area contributed by atoms with Crippen LogP contribution >= 0.6 is 24.0 Å². The van der Waals surface area contributed by atoms with Gasteiger partial charge in [0.2, 0.25) is 11.2 Å². The predicted octanol–water partition coefficient (Wildman–Crippen LogP) is 1.68. The summed E-state index contributed by atoms with van der Waals surface area (Å²) >= 11 is 5.65. The summed E-state index contributed by atoms with van der Waals surface area (Å²) in [4.78, 5) is 7.77. The van der Waals surface area contributed by atoms with E-state index in [4.69, 9.17) is 16.3 Å². The van der Waals surface area contributed by atoms with Gasteiger partial charge >= 0.3 is 0 Å². The first-order valence-electron chi connectivity index (χ1n) is 4.70. The van der Waals surface area contributed by atoms with E-state index in [0.29, 0.717) is 5.88 Å². The minimum absolute atomic E-state index is 0. The van der Waals surface area contributed by atoms with Crippen molar-refractivity contribution in [1.82, 2.24) is 15.3 Å². The van der Waals surface area contributed by atoms with Gasteiger partial charge in [0.1, 0.15) is 6.10 Å². The van der Waals surface area contributed by atoms with Gasteiger partial charge in [0.05, 0.1) is 0 Å². The molecule has 0 saturated carbocycles. The van der Waals surface area contributed by atoms with Gasteiger partial charge < -0.3 is 10.1 Å². The zero-order chi connectivity index (χ0) is 9.80. The van der Waals surface area contributed by atoms with Gasteiger partial charge in [-0.15, -0.1) is 12.4 Å². The quantitative estimate of drug-likeness (QED) is 0.811. The van der Waals surface area contributed by atoms with Crippen molar-refractivity contribution in [2.24, 2.45) is 0 Å². The van der Waals surface area contributed by atoms with Crippen molar-refractivity contribution in [2.45, 2.75) is 18.9 Å². The van der Waals surface area contributed by atoms with Crippen LogP contribution < -0.4 is 10.1 Å². The lowest BCUT2D eigenvalue weighted by Crippen LogP contribution is -2.34. The van der Waals surface area contributed by atoms with Crippen LogP contribution in [0, 0.1) is 0 Å². The Kier molecular flexibility index (Phi) is 5.08. The Balaban J connectivity index is 0.00000112. The molecule has 0 spiro atoms. The van der Waals surface area contributed by atoms with Gasteiger partial charge in [-0.05, 0) is 37.5 Å². The molecule has 0 radical (unpaired) electrons. The fourth-order valence-electron chi connectivity index (χ4n) is 1.47. The van der Waals surface area contributed by atoms with E-state index in [9.17, 15) is 0 Å². The Morgan fingerprint density at radius 3 is 2.80 bits per heavy atom. The molecule has 0 atom stereocenters. The number of nitrogens with one attached hydrogen (secondary N) is 1. The van der Waals surface area contributed by atoms with E-state index in [1.807, 2.05) is 0 Å². The SMILES string of the molecule is Cl.Clc1nccc(OC2CCNCC2)n1. The van der Waals surface area contributed by atoms with Gasteiger partial charge in [-0.3, -0.25) is 0 Å². The molecule has 1 aliphatic heterocycles. The van der Waals surface area contributed by atoms with Gasteiger partial charge in [0.15, 0.2) is 0 Å². The molecule has 1 aromatic heterocycles. The van der Waals surface area contributed by atoms with Crippen LogP contribution in [0.2, 0.25) is 5.28 Å². The van der Waals surface area contributed by atoms with Gasteiger partial charge in [0.25, 0.3) is 0 Å². The van der Waals surface area contributed by atoms with E-state index in [2.05, 4.69) is 15.3 Å². The molecule has 1 fully saturated rings. The highest BCUT2D eigenvalue weighted by molar-refractivity contribution is 6.28. The zero-order valence-electron chi connectivity index (χ0n) is 8.15. The largest absolute Gasteiger partial charge is 0.474 e. The maximum Gasteiger partial charge on any atom is 0.225 e. The molecular weight excluding hydrogens is 237 g/mol. The molecule has 0 bridgehead atoms. The third-order valence-corrected chi connectivity index (χ3v) is 2.36. The van der Waals surface area contributed by atoms with E-state index >= 15 is 0 Å². The molecule has 0 aromatic carbocycles. The molecule has 84 valence electrons. The second-order valence-electron chi connectivity index (χ2n) is 3.23. The fraction of sp³-hybridized carbons (Fsp3) is 0.556. The average Bonchev–Trinajstić information content (AvgIpc) is 2.19. The Morgan fingerprint density at radius 1 is 1.40 bits per heavy atom. The first-order valence-corrected chi connectivity index (χ1v) is 5.08. The van der Waals surface area contributed by atoms with Gasteiger partial charge in [-0.2, -0.15) is 4.98 Å². The maximum absolute atomic E-state index is 5.66. The lowest BCUT2D eigenvalue weighted by Gasteiger charge is -2.22. The van der Waals surface area contributed by atoms with E-state index in [1.54, 1.807) is 12.3 Å². The molecule has 1 saturated heterocycles. The number of aromatic nitrogens is 2. The van der Waals surface area contributed by atoms with E-state index in [0.717, 1.165) is 25.9 Å². The molecule has 1 aromatic rings. The maximum atomic E-state index is 5.66. The lowest BCUT2D eigenvalue weighted by atomic mass is 10.1. The Labute approximate surface area is 99.8 Å². The average molecular weight is 250 g/mol. The highest BCUT2D eigenvalue weighted by Gasteiger charge is 2.14. The van der Waals surface area contributed by atoms with Crippen LogP contribution in [0.1, 0.15) is 12.8 Å². The van der Waals surface area contributed by atoms with Crippen molar-refractivity contribution >= 4 is 24.0 Å². The molecular formula is C9H13Cl2N3O. The number of hydrogen-bond donors (Lipinski definition) is 1. The second-order valence-corrected chi connectivity index (χ2v) is 3.57. The minimum Gasteiger partial charge on any atom is -0.474 e. The van der Waals surface area contributed by atoms with Crippen molar-refractivity contribution in [3.63, 3.8) is 0 Å². The Bertz CT molecular complexity index is 305. The summed E-state index contributed by atoms with van der Waals surface area (Å²) in [5.74, 6) is 0.567. The summed E-state index contributed by atoms with van der Waals surface area (Å²) in [6, 6.07) is 1.73. The van der Waals surface area contributed by atoms with Crippen LogP contribution in [0.3, 0.4) is 0 Å². The first kappa shape index (κ1) is 12.5. The van der Waals surface area contributed by atoms with Crippen molar-refractivity contribution < 1.29 is 4.74 Å². The molecule has 6 heteroatoms. The molecule has 1 aliphatic rings. The zero-order valence-corrected chi connectivity index (χ0v) is 9.72. The Hall–Kier alpha value is -0.580. The van der Waals surface area contributed by atoms with E-state index in [1.165, 1.54) is 0 Å². The second kappa shape index (κ2) is 6.10. The summed E-state index contributed by atoms with van der Waals surface area (Å²) in [5.41, 5.74) is 0. The van der Waals surface area contributed by atoms with E-state index in [-0.39, 0.29) is 23.8 Å². The lowest BCUT2D eigenvalue weighted by molar-refractivity contribution is 0.155. The summed E-state index contributed by atoms with van der Waals surface area (Å²) in [6.45, 7) is 2.01. The van der Waals surface area contributed by atoms with Crippen molar-refractivity contribution in [3.05, 3.63) is 17.5 Å². The Morgan fingerprint density at radius 2 is 2.13 bits per heavy atom. The standard InChI is InChI=1S/C9H12ClN3O.ClH/c10-9-12-6-3-8(13-9)14-7-1-4-11-5-2-7;/h3,6-7,11H,1-2,4-5H2;1H. The number of ether oxygens (including phenoxy) is 1. The number of halogens is 2. The number of nitrogens with zero attached hydrogens (tertiary/aromatic N) is 2. The molecule has 2 heterocycles. The van der Waals surface area contributed by atoms with Gasteiger partial charge in [-0.1, -0.05) is 0 Å². The van der Waals surface area contributed by atoms with Crippen LogP contribution in [0.4, 0.5) is 0 Å². The molecule has 0 unspecified atom stereocenters. The van der Waals surface area contributed by atoms with Crippen molar-refractivity contribution in [1.29, 1.82) is 0 Å². The fourth-order valence-corrected chi connectivity index (χ4v) is 1.61. The smallest absolute Gasteiger partial charge is 0.225 e. The topological polar surface area (TPSA) is 47.0 Å². The summed E-state index contributed by atoms with van der Waals surface area (Å²) in [6.07, 6.45) is 3.89. The predicted molar refractivity (Wildman–Crippen MR) is 60.8 cm³/mol. The summed E-state index contributed by atoms with van der Waals surface area (Å²) in [7, 11) is 0. The molecule has 0 aliphatic carbocycles. The molecule has 15 heavy (non-hydrogen) atoms. The van der Waals surface area contributed by atoms with Crippen LogP contribution in [0.5, 0.6) is 5.88 Å². The van der Waals surface area contributed by atoms with Gasteiger partial charge in [-0.25, -0.2) is 4.98 Å². The summed E-state index contributed by atoms with van der Waals surface area (Å²) < 4.78 is 5.66. The van der Waals surface area contributed by atoms with Crippen LogP contribution in [0.15, 0.2) is 12.3 Å².